The van der Waals surface area contributed by atoms with Gasteiger partial charge in [-0.1, -0.05) is 48.5 Å². The van der Waals surface area contributed by atoms with Gasteiger partial charge in [-0.2, -0.15) is 5.10 Å². The van der Waals surface area contributed by atoms with Crippen molar-refractivity contribution in [2.45, 2.75) is 13.8 Å². The quantitative estimate of drug-likeness (QED) is 0.349. The molecule has 0 fully saturated rings. The van der Waals surface area contributed by atoms with Crippen molar-refractivity contribution in [1.29, 1.82) is 0 Å². The van der Waals surface area contributed by atoms with Crippen molar-refractivity contribution in [3.05, 3.63) is 83.7 Å². The average Bonchev–Trinajstić information content (AvgIpc) is 3.20. The highest BCUT2D eigenvalue weighted by Gasteiger charge is 2.16. The number of nitrogens with one attached hydrogen (secondary N) is 3. The van der Waals surface area contributed by atoms with Gasteiger partial charge in [0.2, 0.25) is 0 Å². The molecule has 3 N–H and O–H groups in total. The van der Waals surface area contributed by atoms with Gasteiger partial charge in [-0.05, 0) is 43.3 Å². The molecule has 2 aromatic carbocycles. The van der Waals surface area contributed by atoms with E-state index in [4.69, 9.17) is 12.2 Å². The lowest BCUT2D eigenvalue weighted by atomic mass is 10.1. The zero-order chi connectivity index (χ0) is 21.1. The normalized spacial score (nSPS) is 10.6. The topological polar surface area (TPSA) is 83.3 Å². The number of nitrogens with zero attached hydrogens (tertiary/aromatic N) is 3. The van der Waals surface area contributed by atoms with Gasteiger partial charge in [0.15, 0.2) is 10.8 Å². The van der Waals surface area contributed by atoms with Gasteiger partial charge in [0.25, 0.3) is 5.91 Å². The van der Waals surface area contributed by atoms with Gasteiger partial charge in [-0.25, -0.2) is 9.50 Å². The number of rotatable bonds is 3. The second-order valence-corrected chi connectivity index (χ2v) is 7.20. The van der Waals surface area contributed by atoms with Crippen LogP contribution in [0.25, 0.3) is 16.9 Å². The third kappa shape index (κ3) is 3.85. The van der Waals surface area contributed by atoms with E-state index in [0.29, 0.717) is 11.2 Å². The number of benzene rings is 2. The van der Waals surface area contributed by atoms with Crippen LogP contribution < -0.4 is 16.2 Å². The molecule has 2 aromatic heterocycles. The van der Waals surface area contributed by atoms with Crippen LogP contribution in [0, 0.1) is 13.8 Å². The molecule has 0 saturated heterocycles. The first-order valence-electron chi connectivity index (χ1n) is 9.36. The summed E-state index contributed by atoms with van der Waals surface area (Å²) < 4.78 is 1.65. The molecule has 0 unspecified atom stereocenters. The molecular weight excluding hydrogens is 396 g/mol. The van der Waals surface area contributed by atoms with Crippen LogP contribution in [0.15, 0.2) is 67.0 Å². The van der Waals surface area contributed by atoms with Crippen molar-refractivity contribution < 1.29 is 4.79 Å². The van der Waals surface area contributed by atoms with E-state index in [9.17, 15) is 4.79 Å². The van der Waals surface area contributed by atoms with Gasteiger partial charge in [0.05, 0.1) is 11.9 Å². The van der Waals surface area contributed by atoms with E-state index in [1.807, 2.05) is 68.4 Å². The first kappa shape index (κ1) is 19.5. The van der Waals surface area contributed by atoms with Crippen LogP contribution in [0.5, 0.6) is 0 Å². The zero-order valence-corrected chi connectivity index (χ0v) is 17.3. The van der Waals surface area contributed by atoms with Gasteiger partial charge in [-0.3, -0.25) is 15.6 Å². The Kier molecular flexibility index (Phi) is 5.40. The van der Waals surface area contributed by atoms with E-state index in [-0.39, 0.29) is 11.0 Å². The summed E-state index contributed by atoms with van der Waals surface area (Å²) in [4.78, 5) is 17.0. The van der Waals surface area contributed by atoms with Crippen molar-refractivity contribution in [3.8, 4) is 11.3 Å². The Labute approximate surface area is 179 Å². The predicted molar refractivity (Wildman–Crippen MR) is 121 cm³/mol. The van der Waals surface area contributed by atoms with E-state index in [1.54, 1.807) is 10.7 Å². The van der Waals surface area contributed by atoms with Gasteiger partial charge < -0.3 is 5.32 Å². The van der Waals surface area contributed by atoms with Crippen LogP contribution in [0.1, 0.15) is 21.5 Å². The fourth-order valence-corrected chi connectivity index (χ4v) is 3.37. The smallest absolute Gasteiger partial charge is 0.275 e. The number of anilines is 1. The lowest BCUT2D eigenvalue weighted by Crippen LogP contribution is -2.43. The highest BCUT2D eigenvalue weighted by Crippen LogP contribution is 2.21. The molecule has 4 rings (SSSR count). The zero-order valence-electron chi connectivity index (χ0n) is 16.5. The number of para-hydroxylation sites is 1. The molecule has 0 aliphatic heterocycles. The summed E-state index contributed by atoms with van der Waals surface area (Å²) in [5.74, 6) is -0.381. The maximum absolute atomic E-state index is 12.7. The van der Waals surface area contributed by atoms with Gasteiger partial charge in [0, 0.05) is 17.4 Å². The number of hydrogen-bond donors (Lipinski definition) is 3. The van der Waals surface area contributed by atoms with E-state index < -0.39 is 0 Å². The average molecular weight is 417 g/mol. The summed E-state index contributed by atoms with van der Waals surface area (Å²) in [5.41, 5.74) is 11.0. The van der Waals surface area contributed by atoms with Crippen molar-refractivity contribution in [2.75, 3.05) is 5.32 Å². The highest BCUT2D eigenvalue weighted by atomic mass is 32.1. The van der Waals surface area contributed by atoms with E-state index in [0.717, 1.165) is 28.1 Å². The summed E-state index contributed by atoms with van der Waals surface area (Å²) in [7, 11) is 0. The molecule has 0 aliphatic rings. The molecule has 0 spiro atoms. The summed E-state index contributed by atoms with van der Waals surface area (Å²) in [6.45, 7) is 3.98. The SMILES string of the molecule is Cc1cccc(C)c1NC(=S)NNC(=O)c1cnn2c(-c3ccccc3)ccnc12. The van der Waals surface area contributed by atoms with Crippen molar-refractivity contribution >= 4 is 34.6 Å². The molecule has 0 aliphatic carbocycles. The fourth-order valence-electron chi connectivity index (χ4n) is 3.22. The first-order valence-corrected chi connectivity index (χ1v) is 9.77. The Morgan fingerprint density at radius 2 is 1.70 bits per heavy atom. The highest BCUT2D eigenvalue weighted by molar-refractivity contribution is 7.80. The molecule has 150 valence electrons. The van der Waals surface area contributed by atoms with Crippen LogP contribution in [-0.4, -0.2) is 25.6 Å². The second kappa shape index (κ2) is 8.30. The lowest BCUT2D eigenvalue weighted by molar-refractivity contribution is 0.0945. The minimum Gasteiger partial charge on any atom is -0.331 e. The van der Waals surface area contributed by atoms with Gasteiger partial charge in [0.1, 0.15) is 5.56 Å². The number of fused-ring (bicyclic) bond motifs is 1. The van der Waals surface area contributed by atoms with Crippen molar-refractivity contribution in [3.63, 3.8) is 0 Å². The van der Waals surface area contributed by atoms with E-state index in [1.165, 1.54) is 6.20 Å². The molecule has 0 saturated carbocycles. The summed E-state index contributed by atoms with van der Waals surface area (Å²) >= 11 is 5.31. The van der Waals surface area contributed by atoms with Crippen LogP contribution >= 0.6 is 12.2 Å². The number of carbonyl (C=O) groups is 1. The third-order valence-corrected chi connectivity index (χ3v) is 4.93. The van der Waals surface area contributed by atoms with Crippen LogP contribution in [0.3, 0.4) is 0 Å². The summed E-state index contributed by atoms with van der Waals surface area (Å²) in [6, 6.07) is 17.6. The molecule has 0 bridgehead atoms. The van der Waals surface area contributed by atoms with Gasteiger partial charge in [-0.15, -0.1) is 0 Å². The predicted octanol–water partition coefficient (Wildman–Crippen LogP) is 3.64. The summed E-state index contributed by atoms with van der Waals surface area (Å²) in [6.07, 6.45) is 3.16. The van der Waals surface area contributed by atoms with E-state index in [2.05, 4.69) is 26.3 Å². The Bertz CT molecular complexity index is 1210. The molecule has 30 heavy (non-hydrogen) atoms. The number of carbonyl (C=O) groups excluding carboxylic acids is 1. The van der Waals surface area contributed by atoms with Crippen LogP contribution in [0.2, 0.25) is 0 Å². The number of aromatic nitrogens is 3. The number of amides is 1. The number of hydrazine groups is 1. The molecule has 0 radical (unpaired) electrons. The Hall–Kier alpha value is -3.78. The standard InChI is InChI=1S/C22H20N6OS/c1-14-7-6-8-15(2)19(14)25-22(30)27-26-21(29)17-13-24-28-18(11-12-23-20(17)28)16-9-4-3-5-10-16/h3-13H,1-2H3,(H,26,29)(H2,25,27,30). The molecule has 4 aromatic rings. The van der Waals surface area contributed by atoms with E-state index >= 15 is 0 Å². The molecular formula is C22H20N6OS. The Morgan fingerprint density at radius 1 is 0.967 bits per heavy atom. The minimum atomic E-state index is -0.381. The largest absolute Gasteiger partial charge is 0.331 e. The first-order chi connectivity index (χ1) is 14.5. The Morgan fingerprint density at radius 3 is 2.43 bits per heavy atom. The molecule has 8 heteroatoms. The van der Waals surface area contributed by atoms with Gasteiger partial charge >= 0.3 is 0 Å². The van der Waals surface area contributed by atoms with Crippen LogP contribution in [0.4, 0.5) is 5.69 Å². The monoisotopic (exact) mass is 416 g/mol. The number of thiocarbonyl (C=S) groups is 1. The number of hydrogen-bond acceptors (Lipinski definition) is 4. The lowest BCUT2D eigenvalue weighted by Gasteiger charge is -2.15. The molecule has 1 amide bonds. The third-order valence-electron chi connectivity index (χ3n) is 4.72. The summed E-state index contributed by atoms with van der Waals surface area (Å²) in [5, 5.41) is 7.75. The van der Waals surface area contributed by atoms with Crippen molar-refractivity contribution in [1.82, 2.24) is 25.4 Å². The molecule has 2 heterocycles. The number of aryl methyl sites for hydroxylation is 2. The fraction of sp³-hybridized carbons (Fsp3) is 0.0909. The second-order valence-electron chi connectivity index (χ2n) is 6.79. The molecule has 7 nitrogen and oxygen atoms in total. The van der Waals surface area contributed by atoms with Crippen molar-refractivity contribution in [2.24, 2.45) is 0 Å². The minimum absolute atomic E-state index is 0.287. The molecule has 0 atom stereocenters. The maximum atomic E-state index is 12.7. The Balaban J connectivity index is 1.50. The maximum Gasteiger partial charge on any atom is 0.275 e. The van der Waals surface area contributed by atoms with Crippen LogP contribution in [-0.2, 0) is 0 Å².